The lowest BCUT2D eigenvalue weighted by Gasteiger charge is -2.26. The predicted molar refractivity (Wildman–Crippen MR) is 99.3 cm³/mol. The molecule has 1 aliphatic heterocycles. The molecule has 2 aromatic rings. The maximum absolute atomic E-state index is 13.7. The normalized spacial score (nSPS) is 15.0. The third-order valence-electron chi connectivity index (χ3n) is 4.61. The van der Waals surface area contributed by atoms with Crippen molar-refractivity contribution in [3.05, 3.63) is 59.4 Å². The Bertz CT molecular complexity index is 701. The number of halogens is 1. The Hall–Kier alpha value is -2.11. The number of aryl methyl sites for hydroxylation is 1. The fourth-order valence-electron chi connectivity index (χ4n) is 3.09. The smallest absolute Gasteiger partial charge is 0.161 e. The van der Waals surface area contributed by atoms with Crippen LogP contribution in [-0.4, -0.2) is 44.9 Å². The number of nitrogens with zero attached hydrogens (tertiary/aromatic N) is 1. The molecule has 0 aliphatic carbocycles. The van der Waals surface area contributed by atoms with Crippen LogP contribution < -0.4 is 9.47 Å². The van der Waals surface area contributed by atoms with Gasteiger partial charge in [-0.05, 0) is 43.1 Å². The molecule has 2 aromatic carbocycles. The third-order valence-corrected chi connectivity index (χ3v) is 4.61. The monoisotopic (exact) mass is 359 g/mol. The fourth-order valence-corrected chi connectivity index (χ4v) is 3.09. The van der Waals surface area contributed by atoms with Gasteiger partial charge in [0.05, 0.1) is 20.3 Å². The quantitative estimate of drug-likeness (QED) is 0.719. The molecule has 1 heterocycles. The van der Waals surface area contributed by atoms with Gasteiger partial charge < -0.3 is 14.2 Å². The lowest BCUT2D eigenvalue weighted by molar-refractivity contribution is 0.0374. The van der Waals surface area contributed by atoms with Crippen molar-refractivity contribution in [2.45, 2.75) is 19.4 Å². The Balaban J connectivity index is 1.54. The molecule has 0 radical (unpaired) electrons. The Morgan fingerprint density at radius 1 is 1.08 bits per heavy atom. The molecule has 0 atom stereocenters. The molecule has 3 rings (SSSR count). The summed E-state index contributed by atoms with van der Waals surface area (Å²) in [6, 6.07) is 12.6. The Labute approximate surface area is 154 Å². The number of hydrogen-bond acceptors (Lipinski definition) is 4. The molecule has 0 amide bonds. The number of methoxy groups -OCH3 is 1. The summed E-state index contributed by atoms with van der Waals surface area (Å²) in [5.74, 6) is 1.06. The second-order valence-corrected chi connectivity index (χ2v) is 6.42. The largest absolute Gasteiger partial charge is 0.493 e. The van der Waals surface area contributed by atoms with Gasteiger partial charge >= 0.3 is 0 Å². The topological polar surface area (TPSA) is 30.9 Å². The summed E-state index contributed by atoms with van der Waals surface area (Å²) < 4.78 is 30.3. The molecule has 0 unspecified atom stereocenters. The van der Waals surface area contributed by atoms with E-state index in [1.54, 1.807) is 25.3 Å². The van der Waals surface area contributed by atoms with E-state index in [4.69, 9.17) is 14.2 Å². The van der Waals surface area contributed by atoms with Crippen molar-refractivity contribution in [3.8, 4) is 11.5 Å². The molecule has 0 saturated carbocycles. The highest BCUT2D eigenvalue weighted by molar-refractivity contribution is 5.43. The second-order valence-electron chi connectivity index (χ2n) is 6.42. The van der Waals surface area contributed by atoms with Crippen molar-refractivity contribution in [2.24, 2.45) is 0 Å². The summed E-state index contributed by atoms with van der Waals surface area (Å²) in [7, 11) is 1.63. The molecule has 4 nitrogen and oxygen atoms in total. The van der Waals surface area contributed by atoms with Gasteiger partial charge in [0.15, 0.2) is 11.5 Å². The predicted octanol–water partition coefficient (Wildman–Crippen LogP) is 3.68. The summed E-state index contributed by atoms with van der Waals surface area (Å²) >= 11 is 0. The molecular weight excluding hydrogens is 333 g/mol. The maximum Gasteiger partial charge on any atom is 0.161 e. The van der Waals surface area contributed by atoms with Crippen LogP contribution in [0.3, 0.4) is 0 Å². The number of rotatable bonds is 8. The van der Waals surface area contributed by atoms with Crippen LogP contribution >= 0.6 is 0 Å². The standard InChI is InChI=1S/C21H26FNO3/c1-24-21-15-17(5-4-10-23-11-13-25-14-12-23)8-9-20(21)26-16-18-6-2-3-7-19(18)22/h2-3,6-9,15H,4-5,10-14,16H2,1H3. The van der Waals surface area contributed by atoms with E-state index in [9.17, 15) is 4.39 Å². The molecule has 0 bridgehead atoms. The first-order chi connectivity index (χ1) is 12.8. The van der Waals surface area contributed by atoms with Crippen LogP contribution in [0.15, 0.2) is 42.5 Å². The molecule has 1 saturated heterocycles. The van der Waals surface area contributed by atoms with Gasteiger partial charge in [-0.15, -0.1) is 0 Å². The zero-order valence-electron chi connectivity index (χ0n) is 15.2. The van der Waals surface area contributed by atoms with Crippen LogP contribution in [0, 0.1) is 5.82 Å². The SMILES string of the molecule is COc1cc(CCCN2CCOCC2)ccc1OCc1ccccc1F. The van der Waals surface area contributed by atoms with Crippen LogP contribution in [0.2, 0.25) is 0 Å². The van der Waals surface area contributed by atoms with Crippen molar-refractivity contribution >= 4 is 0 Å². The number of benzene rings is 2. The minimum atomic E-state index is -0.258. The molecule has 140 valence electrons. The van der Waals surface area contributed by atoms with Gasteiger partial charge in [-0.3, -0.25) is 4.90 Å². The van der Waals surface area contributed by atoms with E-state index in [1.807, 2.05) is 12.1 Å². The van der Waals surface area contributed by atoms with Crippen LogP contribution in [-0.2, 0) is 17.8 Å². The molecule has 0 spiro atoms. The molecule has 1 aliphatic rings. The van der Waals surface area contributed by atoms with Crippen LogP contribution in [0.5, 0.6) is 11.5 Å². The molecular formula is C21H26FNO3. The second kappa shape index (κ2) is 9.55. The summed E-state index contributed by atoms with van der Waals surface area (Å²) in [5, 5.41) is 0. The highest BCUT2D eigenvalue weighted by atomic mass is 19.1. The Morgan fingerprint density at radius 2 is 1.88 bits per heavy atom. The van der Waals surface area contributed by atoms with Crippen molar-refractivity contribution in [1.82, 2.24) is 4.90 Å². The van der Waals surface area contributed by atoms with E-state index in [0.29, 0.717) is 17.1 Å². The zero-order valence-corrected chi connectivity index (χ0v) is 15.2. The van der Waals surface area contributed by atoms with Crippen molar-refractivity contribution in [3.63, 3.8) is 0 Å². The summed E-state index contributed by atoms with van der Waals surface area (Å²) in [6.07, 6.45) is 2.08. The highest BCUT2D eigenvalue weighted by Gasteiger charge is 2.11. The minimum absolute atomic E-state index is 0.180. The van der Waals surface area contributed by atoms with E-state index in [1.165, 1.54) is 11.6 Å². The number of hydrogen-bond donors (Lipinski definition) is 0. The van der Waals surface area contributed by atoms with Gasteiger partial charge in [0.25, 0.3) is 0 Å². The first kappa shape index (κ1) is 18.7. The number of morpholine rings is 1. The molecule has 5 heteroatoms. The summed E-state index contributed by atoms with van der Waals surface area (Å²) in [6.45, 7) is 4.97. The van der Waals surface area contributed by atoms with Gasteiger partial charge in [-0.25, -0.2) is 4.39 Å². The lowest BCUT2D eigenvalue weighted by atomic mass is 10.1. The van der Waals surface area contributed by atoms with Gasteiger partial charge in [0, 0.05) is 18.7 Å². The van der Waals surface area contributed by atoms with Gasteiger partial charge in [0.1, 0.15) is 12.4 Å². The average Bonchev–Trinajstić information content (AvgIpc) is 2.68. The van der Waals surface area contributed by atoms with E-state index in [0.717, 1.165) is 45.7 Å². The van der Waals surface area contributed by atoms with Crippen molar-refractivity contribution < 1.29 is 18.6 Å². The fraction of sp³-hybridized carbons (Fsp3) is 0.429. The Morgan fingerprint density at radius 3 is 2.65 bits per heavy atom. The molecule has 0 aromatic heterocycles. The molecule has 26 heavy (non-hydrogen) atoms. The zero-order chi connectivity index (χ0) is 18.2. The van der Waals surface area contributed by atoms with Crippen LogP contribution in [0.4, 0.5) is 4.39 Å². The summed E-state index contributed by atoms with van der Waals surface area (Å²) in [5.41, 5.74) is 1.75. The highest BCUT2D eigenvalue weighted by Crippen LogP contribution is 2.29. The van der Waals surface area contributed by atoms with Crippen molar-refractivity contribution in [1.29, 1.82) is 0 Å². The first-order valence-corrected chi connectivity index (χ1v) is 9.09. The van der Waals surface area contributed by atoms with E-state index in [2.05, 4.69) is 11.0 Å². The van der Waals surface area contributed by atoms with Gasteiger partial charge in [0.2, 0.25) is 0 Å². The molecule has 0 N–H and O–H groups in total. The van der Waals surface area contributed by atoms with E-state index >= 15 is 0 Å². The van der Waals surface area contributed by atoms with E-state index < -0.39 is 0 Å². The van der Waals surface area contributed by atoms with Crippen molar-refractivity contribution in [2.75, 3.05) is 40.0 Å². The van der Waals surface area contributed by atoms with Crippen LogP contribution in [0.1, 0.15) is 17.5 Å². The van der Waals surface area contributed by atoms with Gasteiger partial charge in [-0.1, -0.05) is 24.3 Å². The summed E-state index contributed by atoms with van der Waals surface area (Å²) in [4.78, 5) is 2.44. The van der Waals surface area contributed by atoms with Crippen LogP contribution in [0.25, 0.3) is 0 Å². The average molecular weight is 359 g/mol. The minimum Gasteiger partial charge on any atom is -0.493 e. The maximum atomic E-state index is 13.7. The Kier molecular flexibility index (Phi) is 6.86. The third kappa shape index (κ3) is 5.19. The van der Waals surface area contributed by atoms with Gasteiger partial charge in [-0.2, -0.15) is 0 Å². The molecule has 1 fully saturated rings. The lowest BCUT2D eigenvalue weighted by Crippen LogP contribution is -2.36. The first-order valence-electron chi connectivity index (χ1n) is 9.09. The van der Waals surface area contributed by atoms with E-state index in [-0.39, 0.29) is 12.4 Å². The number of ether oxygens (including phenoxy) is 3.